The van der Waals surface area contributed by atoms with Crippen molar-refractivity contribution >= 4 is 5.97 Å². The lowest BCUT2D eigenvalue weighted by Gasteiger charge is -2.07. The van der Waals surface area contributed by atoms with E-state index in [4.69, 9.17) is 5.11 Å². The Morgan fingerprint density at radius 2 is 2.29 bits per heavy atom. The van der Waals surface area contributed by atoms with Crippen molar-refractivity contribution in [3.63, 3.8) is 0 Å². The summed E-state index contributed by atoms with van der Waals surface area (Å²) in [7, 11) is 0. The molecule has 0 aliphatic heterocycles. The topological polar surface area (TPSA) is 50.2 Å². The maximum Gasteiger partial charge on any atom is 0.310 e. The van der Waals surface area contributed by atoms with E-state index in [0.29, 0.717) is 25.0 Å². The van der Waals surface area contributed by atoms with Crippen molar-refractivity contribution < 1.29 is 14.3 Å². The summed E-state index contributed by atoms with van der Waals surface area (Å²) < 4.78 is 12.5. The van der Waals surface area contributed by atoms with E-state index in [-0.39, 0.29) is 0 Å². The molecule has 1 aromatic rings. The van der Waals surface area contributed by atoms with Crippen LogP contribution in [-0.2, 0) is 11.2 Å². The first-order chi connectivity index (χ1) is 6.62. The van der Waals surface area contributed by atoms with Gasteiger partial charge in [-0.3, -0.25) is 9.78 Å². The van der Waals surface area contributed by atoms with Gasteiger partial charge in [0.15, 0.2) is 0 Å². The summed E-state index contributed by atoms with van der Waals surface area (Å²) in [5.41, 5.74) is 0.0245. The highest BCUT2D eigenvalue weighted by Crippen LogP contribution is 2.48. The number of nitrogens with zero attached hydrogens (tertiary/aromatic N) is 1. The SMILES string of the molecule is O=C(O)C1(Cc2ccc(F)cn2)CC1. The molecule has 1 aromatic heterocycles. The summed E-state index contributed by atoms with van der Waals surface area (Å²) in [6.07, 6.45) is 2.92. The minimum atomic E-state index is -0.774. The minimum Gasteiger partial charge on any atom is -0.481 e. The number of hydrogen-bond donors (Lipinski definition) is 1. The molecule has 2 rings (SSSR count). The van der Waals surface area contributed by atoms with Gasteiger partial charge in [0.25, 0.3) is 0 Å². The predicted octanol–water partition coefficient (Wildman–Crippen LogP) is 1.63. The number of rotatable bonds is 3. The molecule has 1 heterocycles. The third-order valence-corrected chi connectivity index (χ3v) is 2.62. The predicted molar refractivity (Wildman–Crippen MR) is 47.2 cm³/mol. The van der Waals surface area contributed by atoms with Crippen LogP contribution in [0.2, 0.25) is 0 Å². The fraction of sp³-hybridized carbons (Fsp3) is 0.400. The number of carboxylic acid groups (broad SMARTS) is 1. The van der Waals surface area contributed by atoms with E-state index in [1.165, 1.54) is 6.07 Å². The van der Waals surface area contributed by atoms with Crippen LogP contribution in [-0.4, -0.2) is 16.1 Å². The lowest BCUT2D eigenvalue weighted by atomic mass is 10.0. The number of aliphatic carboxylic acids is 1. The second kappa shape index (κ2) is 3.04. The Kier molecular flexibility index (Phi) is 1.98. The number of aromatic nitrogens is 1. The van der Waals surface area contributed by atoms with E-state index in [1.54, 1.807) is 6.07 Å². The van der Waals surface area contributed by atoms with Gasteiger partial charge in [-0.05, 0) is 25.0 Å². The van der Waals surface area contributed by atoms with Gasteiger partial charge in [0.2, 0.25) is 0 Å². The van der Waals surface area contributed by atoms with Gasteiger partial charge < -0.3 is 5.11 Å². The Bertz CT molecular complexity index is 357. The quantitative estimate of drug-likeness (QED) is 0.797. The molecule has 14 heavy (non-hydrogen) atoms. The van der Waals surface area contributed by atoms with Crippen LogP contribution >= 0.6 is 0 Å². The fourth-order valence-corrected chi connectivity index (χ4v) is 1.47. The van der Waals surface area contributed by atoms with Crippen molar-refractivity contribution in [2.75, 3.05) is 0 Å². The van der Waals surface area contributed by atoms with E-state index < -0.39 is 17.2 Å². The largest absolute Gasteiger partial charge is 0.481 e. The Hall–Kier alpha value is -1.45. The molecular formula is C10H10FNO2. The van der Waals surface area contributed by atoms with Gasteiger partial charge in [0.1, 0.15) is 5.82 Å². The molecule has 1 fully saturated rings. The van der Waals surface area contributed by atoms with Crippen LogP contribution in [0.3, 0.4) is 0 Å². The molecule has 0 aromatic carbocycles. The molecule has 1 saturated carbocycles. The molecule has 4 heteroatoms. The average molecular weight is 195 g/mol. The van der Waals surface area contributed by atoms with Gasteiger partial charge in [-0.2, -0.15) is 0 Å². The molecule has 1 aliphatic carbocycles. The summed E-state index contributed by atoms with van der Waals surface area (Å²) in [5, 5.41) is 8.92. The first kappa shape index (κ1) is 9.12. The van der Waals surface area contributed by atoms with Crippen LogP contribution in [0.5, 0.6) is 0 Å². The summed E-state index contributed by atoms with van der Waals surface area (Å²) in [5.74, 6) is -1.17. The van der Waals surface area contributed by atoms with E-state index in [2.05, 4.69) is 4.98 Å². The molecule has 1 N–H and O–H groups in total. The van der Waals surface area contributed by atoms with Gasteiger partial charge >= 0.3 is 5.97 Å². The van der Waals surface area contributed by atoms with Crippen molar-refractivity contribution in [1.82, 2.24) is 4.98 Å². The number of carbonyl (C=O) groups is 1. The molecule has 0 unspecified atom stereocenters. The summed E-state index contributed by atoms with van der Waals surface area (Å²) in [6.45, 7) is 0. The average Bonchev–Trinajstić information content (AvgIpc) is 2.90. The highest BCUT2D eigenvalue weighted by molar-refractivity contribution is 5.78. The normalized spacial score (nSPS) is 17.8. The highest BCUT2D eigenvalue weighted by Gasteiger charge is 2.50. The molecule has 0 spiro atoms. The monoisotopic (exact) mass is 195 g/mol. The van der Waals surface area contributed by atoms with Crippen molar-refractivity contribution in [2.45, 2.75) is 19.3 Å². The first-order valence-corrected chi connectivity index (χ1v) is 4.46. The third kappa shape index (κ3) is 1.60. The third-order valence-electron chi connectivity index (χ3n) is 2.62. The zero-order valence-electron chi connectivity index (χ0n) is 7.53. The van der Waals surface area contributed by atoms with Crippen LogP contribution in [0.1, 0.15) is 18.5 Å². The Balaban J connectivity index is 2.11. The maximum absolute atomic E-state index is 12.5. The summed E-state index contributed by atoms with van der Waals surface area (Å²) >= 11 is 0. The second-order valence-electron chi connectivity index (χ2n) is 3.73. The Morgan fingerprint density at radius 1 is 1.57 bits per heavy atom. The number of halogens is 1. The van der Waals surface area contributed by atoms with Crippen molar-refractivity contribution in [3.05, 3.63) is 29.8 Å². The zero-order valence-corrected chi connectivity index (χ0v) is 7.53. The first-order valence-electron chi connectivity index (χ1n) is 4.46. The highest BCUT2D eigenvalue weighted by atomic mass is 19.1. The van der Waals surface area contributed by atoms with Crippen LogP contribution in [0.15, 0.2) is 18.3 Å². The van der Waals surface area contributed by atoms with Gasteiger partial charge in [0.05, 0.1) is 11.6 Å². The minimum absolute atomic E-state index is 0.395. The molecule has 1 aliphatic rings. The van der Waals surface area contributed by atoms with Crippen LogP contribution in [0, 0.1) is 11.2 Å². The number of carboxylic acids is 1. The summed E-state index contributed by atoms with van der Waals surface area (Å²) in [6, 6.07) is 2.85. The maximum atomic E-state index is 12.5. The fourth-order valence-electron chi connectivity index (χ4n) is 1.47. The number of hydrogen-bond acceptors (Lipinski definition) is 2. The summed E-state index contributed by atoms with van der Waals surface area (Å²) in [4.78, 5) is 14.7. The van der Waals surface area contributed by atoms with Crippen LogP contribution in [0.4, 0.5) is 4.39 Å². The lowest BCUT2D eigenvalue weighted by Crippen LogP contribution is -2.18. The zero-order chi connectivity index (χ0) is 10.2. The smallest absolute Gasteiger partial charge is 0.310 e. The van der Waals surface area contributed by atoms with Crippen LogP contribution in [0.25, 0.3) is 0 Å². The van der Waals surface area contributed by atoms with Gasteiger partial charge in [-0.25, -0.2) is 4.39 Å². The van der Waals surface area contributed by atoms with E-state index in [0.717, 1.165) is 6.20 Å². The molecule has 0 bridgehead atoms. The van der Waals surface area contributed by atoms with Gasteiger partial charge in [0, 0.05) is 12.1 Å². The standard InChI is InChI=1S/C10H10FNO2/c11-7-1-2-8(12-6-7)5-10(3-4-10)9(13)14/h1-2,6H,3-5H2,(H,13,14). The number of pyridine rings is 1. The van der Waals surface area contributed by atoms with E-state index in [1.807, 2.05) is 0 Å². The van der Waals surface area contributed by atoms with Crippen molar-refractivity contribution in [2.24, 2.45) is 5.41 Å². The van der Waals surface area contributed by atoms with Crippen molar-refractivity contribution in [1.29, 1.82) is 0 Å². The second-order valence-corrected chi connectivity index (χ2v) is 3.73. The van der Waals surface area contributed by atoms with Gasteiger partial charge in [-0.15, -0.1) is 0 Å². The molecule has 0 amide bonds. The van der Waals surface area contributed by atoms with E-state index >= 15 is 0 Å². The molecule has 0 atom stereocenters. The molecular weight excluding hydrogens is 185 g/mol. The van der Waals surface area contributed by atoms with Gasteiger partial charge in [-0.1, -0.05) is 0 Å². The molecule has 0 saturated heterocycles. The molecule has 0 radical (unpaired) electrons. The Morgan fingerprint density at radius 3 is 2.71 bits per heavy atom. The van der Waals surface area contributed by atoms with Crippen LogP contribution < -0.4 is 0 Å². The van der Waals surface area contributed by atoms with Crippen molar-refractivity contribution in [3.8, 4) is 0 Å². The molecule has 3 nitrogen and oxygen atoms in total. The van der Waals surface area contributed by atoms with E-state index in [9.17, 15) is 9.18 Å². The lowest BCUT2D eigenvalue weighted by molar-refractivity contribution is -0.143. The Labute approximate surface area is 80.6 Å². The molecule has 74 valence electrons.